The van der Waals surface area contributed by atoms with Crippen LogP contribution in [-0.4, -0.2) is 40.4 Å². The van der Waals surface area contributed by atoms with Gasteiger partial charge in [-0.3, -0.25) is 9.59 Å². The van der Waals surface area contributed by atoms with Crippen LogP contribution in [0, 0.1) is 0 Å². The minimum atomic E-state index is -0.977. The Morgan fingerprint density at radius 2 is 2.05 bits per heavy atom. The van der Waals surface area contributed by atoms with E-state index >= 15 is 0 Å². The number of para-hydroxylation sites is 1. The summed E-state index contributed by atoms with van der Waals surface area (Å²) in [7, 11) is 0. The topological polar surface area (TPSA) is 86.7 Å². The zero-order valence-electron chi connectivity index (χ0n) is 11.4. The number of carboxylic acids is 1. The van der Waals surface area contributed by atoms with Crippen LogP contribution in [-0.2, 0) is 14.4 Å². The number of rotatable bonds is 2. The zero-order valence-corrected chi connectivity index (χ0v) is 11.4. The summed E-state index contributed by atoms with van der Waals surface area (Å²) in [6.07, 6.45) is 1.23. The number of benzene rings is 1. The van der Waals surface area contributed by atoms with Gasteiger partial charge in [0.05, 0.1) is 5.92 Å². The minimum Gasteiger partial charge on any atom is -0.480 e. The molecule has 1 aromatic rings. The summed E-state index contributed by atoms with van der Waals surface area (Å²) in [6, 6.07) is 6.40. The van der Waals surface area contributed by atoms with Crippen LogP contribution in [0.4, 0.5) is 5.69 Å². The number of carbonyl (C=O) groups excluding carboxylic acids is 2. The van der Waals surface area contributed by atoms with Gasteiger partial charge in [0, 0.05) is 18.7 Å². The van der Waals surface area contributed by atoms with Gasteiger partial charge in [-0.1, -0.05) is 18.2 Å². The predicted octanol–water partition coefficient (Wildman–Crippen LogP) is 1.19. The number of carboxylic acid groups (broad SMARTS) is 1. The van der Waals surface area contributed by atoms with E-state index in [9.17, 15) is 19.5 Å². The van der Waals surface area contributed by atoms with E-state index < -0.39 is 17.9 Å². The molecule has 0 bridgehead atoms. The molecule has 2 amide bonds. The number of nitrogens with zero attached hydrogens (tertiary/aromatic N) is 1. The first kappa shape index (κ1) is 13.6. The number of hydrogen-bond donors (Lipinski definition) is 2. The highest BCUT2D eigenvalue weighted by atomic mass is 16.4. The third kappa shape index (κ3) is 2.37. The van der Waals surface area contributed by atoms with Gasteiger partial charge >= 0.3 is 5.97 Å². The maximum atomic E-state index is 12.7. The summed E-state index contributed by atoms with van der Waals surface area (Å²) in [4.78, 5) is 37.1. The molecule has 1 aromatic carbocycles. The second-order valence-electron chi connectivity index (χ2n) is 5.42. The normalized spacial score (nSPS) is 24.4. The van der Waals surface area contributed by atoms with Crippen molar-refractivity contribution in [3.05, 3.63) is 29.8 Å². The standard InChI is InChI=1S/C15H16N2O4/c18-13-8-10(9-4-1-2-5-11(9)16-13)14(19)17-7-3-6-12(17)15(20)21/h1-2,4-5,10,12H,3,6-8H2,(H,16,18)(H,20,21). The monoisotopic (exact) mass is 288 g/mol. The average molecular weight is 288 g/mol. The Labute approximate surface area is 121 Å². The van der Waals surface area contributed by atoms with Crippen LogP contribution < -0.4 is 5.32 Å². The third-order valence-electron chi connectivity index (χ3n) is 4.12. The van der Waals surface area contributed by atoms with Crippen molar-refractivity contribution in [3.8, 4) is 0 Å². The predicted molar refractivity (Wildman–Crippen MR) is 74.8 cm³/mol. The molecule has 6 heteroatoms. The van der Waals surface area contributed by atoms with Crippen LogP contribution in [0.25, 0.3) is 0 Å². The lowest BCUT2D eigenvalue weighted by Crippen LogP contribution is -2.44. The Bertz CT molecular complexity index is 613. The molecule has 2 atom stereocenters. The lowest BCUT2D eigenvalue weighted by Gasteiger charge is -2.30. The fraction of sp³-hybridized carbons (Fsp3) is 0.400. The SMILES string of the molecule is O=C1CC(C(=O)N2CCCC2C(=O)O)c2ccccc2N1. The van der Waals surface area contributed by atoms with E-state index in [4.69, 9.17) is 0 Å². The highest BCUT2D eigenvalue weighted by molar-refractivity contribution is 6.01. The lowest BCUT2D eigenvalue weighted by atomic mass is 9.89. The number of amides is 2. The average Bonchev–Trinajstić information content (AvgIpc) is 2.95. The molecule has 6 nitrogen and oxygen atoms in total. The lowest BCUT2D eigenvalue weighted by molar-refractivity contribution is -0.149. The Kier molecular flexibility index (Phi) is 3.37. The molecule has 1 saturated heterocycles. The Balaban J connectivity index is 1.91. The van der Waals surface area contributed by atoms with Gasteiger partial charge < -0.3 is 15.3 Å². The molecular formula is C15H16N2O4. The van der Waals surface area contributed by atoms with E-state index in [0.29, 0.717) is 25.1 Å². The van der Waals surface area contributed by atoms with Crippen molar-refractivity contribution in [2.45, 2.75) is 31.2 Å². The molecule has 0 spiro atoms. The second-order valence-corrected chi connectivity index (χ2v) is 5.42. The summed E-state index contributed by atoms with van der Waals surface area (Å²) >= 11 is 0. The van der Waals surface area contributed by atoms with E-state index in [1.165, 1.54) is 4.90 Å². The maximum Gasteiger partial charge on any atom is 0.326 e. The quantitative estimate of drug-likeness (QED) is 0.855. The summed E-state index contributed by atoms with van der Waals surface area (Å²) in [5.74, 6) is -2.04. The number of anilines is 1. The molecule has 2 heterocycles. The minimum absolute atomic E-state index is 0.0681. The molecule has 2 unspecified atom stereocenters. The molecule has 1 fully saturated rings. The largest absolute Gasteiger partial charge is 0.480 e. The molecule has 110 valence electrons. The Hall–Kier alpha value is -2.37. The van der Waals surface area contributed by atoms with Crippen molar-refractivity contribution >= 4 is 23.5 Å². The van der Waals surface area contributed by atoms with Crippen molar-refractivity contribution in [3.63, 3.8) is 0 Å². The summed E-state index contributed by atoms with van der Waals surface area (Å²) in [5.41, 5.74) is 1.40. The first-order chi connectivity index (χ1) is 10.1. The van der Waals surface area contributed by atoms with Crippen molar-refractivity contribution in [2.24, 2.45) is 0 Å². The first-order valence-electron chi connectivity index (χ1n) is 7.00. The van der Waals surface area contributed by atoms with Gasteiger partial charge in [-0.25, -0.2) is 4.79 Å². The van der Waals surface area contributed by atoms with Crippen LogP contribution in [0.2, 0.25) is 0 Å². The van der Waals surface area contributed by atoms with Crippen LogP contribution in [0.3, 0.4) is 0 Å². The molecule has 0 saturated carbocycles. The summed E-state index contributed by atoms with van der Waals surface area (Å²) in [6.45, 7) is 0.441. The molecule has 3 rings (SSSR count). The van der Waals surface area contributed by atoms with Crippen molar-refractivity contribution in [2.75, 3.05) is 11.9 Å². The molecule has 2 N–H and O–H groups in total. The van der Waals surface area contributed by atoms with Crippen molar-refractivity contribution in [1.29, 1.82) is 0 Å². The molecule has 21 heavy (non-hydrogen) atoms. The number of hydrogen-bond acceptors (Lipinski definition) is 3. The fourth-order valence-corrected chi connectivity index (χ4v) is 3.12. The molecule has 0 radical (unpaired) electrons. The van der Waals surface area contributed by atoms with Gasteiger partial charge in [0.1, 0.15) is 6.04 Å². The Morgan fingerprint density at radius 1 is 1.29 bits per heavy atom. The van der Waals surface area contributed by atoms with E-state index in [-0.39, 0.29) is 18.2 Å². The molecule has 2 aliphatic heterocycles. The summed E-state index contributed by atoms with van der Waals surface area (Å²) in [5, 5.41) is 11.9. The number of fused-ring (bicyclic) bond motifs is 1. The maximum absolute atomic E-state index is 12.7. The number of likely N-dealkylation sites (tertiary alicyclic amines) is 1. The van der Waals surface area contributed by atoms with E-state index in [1.54, 1.807) is 12.1 Å². The highest BCUT2D eigenvalue weighted by Gasteiger charge is 2.40. The van der Waals surface area contributed by atoms with Gasteiger partial charge in [0.15, 0.2) is 0 Å². The van der Waals surface area contributed by atoms with Gasteiger partial charge in [-0.05, 0) is 24.5 Å². The van der Waals surface area contributed by atoms with Crippen LogP contribution >= 0.6 is 0 Å². The second kappa shape index (κ2) is 5.20. The van der Waals surface area contributed by atoms with Crippen LogP contribution in [0.15, 0.2) is 24.3 Å². The van der Waals surface area contributed by atoms with Gasteiger partial charge in [-0.15, -0.1) is 0 Å². The fourth-order valence-electron chi connectivity index (χ4n) is 3.12. The number of aliphatic carboxylic acids is 1. The van der Waals surface area contributed by atoms with E-state index in [2.05, 4.69) is 5.32 Å². The first-order valence-corrected chi connectivity index (χ1v) is 7.00. The molecule has 0 aliphatic carbocycles. The Morgan fingerprint density at radius 3 is 2.81 bits per heavy atom. The van der Waals surface area contributed by atoms with Crippen molar-refractivity contribution in [1.82, 2.24) is 4.90 Å². The van der Waals surface area contributed by atoms with Crippen LogP contribution in [0.5, 0.6) is 0 Å². The number of carbonyl (C=O) groups is 3. The van der Waals surface area contributed by atoms with Gasteiger partial charge in [0.25, 0.3) is 0 Å². The molecular weight excluding hydrogens is 272 g/mol. The third-order valence-corrected chi connectivity index (χ3v) is 4.12. The molecule has 2 aliphatic rings. The number of nitrogens with one attached hydrogen (secondary N) is 1. The smallest absolute Gasteiger partial charge is 0.326 e. The zero-order chi connectivity index (χ0) is 15.0. The van der Waals surface area contributed by atoms with Gasteiger partial charge in [0.2, 0.25) is 11.8 Å². The summed E-state index contributed by atoms with van der Waals surface area (Å²) < 4.78 is 0. The van der Waals surface area contributed by atoms with E-state index in [1.807, 2.05) is 12.1 Å². The van der Waals surface area contributed by atoms with Gasteiger partial charge in [-0.2, -0.15) is 0 Å². The highest BCUT2D eigenvalue weighted by Crippen LogP contribution is 2.35. The van der Waals surface area contributed by atoms with Crippen molar-refractivity contribution < 1.29 is 19.5 Å². The van der Waals surface area contributed by atoms with E-state index in [0.717, 1.165) is 5.56 Å². The molecule has 0 aromatic heterocycles. The van der Waals surface area contributed by atoms with Crippen LogP contribution in [0.1, 0.15) is 30.7 Å².